The van der Waals surface area contributed by atoms with Crippen LogP contribution in [0.5, 0.6) is 0 Å². The lowest BCUT2D eigenvalue weighted by Crippen LogP contribution is -2.61. The molecule has 0 unspecified atom stereocenters. The molecule has 0 N–H and O–H groups in total. The molecule has 2 aliphatic heterocycles. The van der Waals surface area contributed by atoms with Gasteiger partial charge in [0.05, 0.1) is 0 Å². The fourth-order valence-electron chi connectivity index (χ4n) is 3.41. The fraction of sp³-hybridized carbons (Fsp3) is 1.00. The number of nitrogens with zero attached hydrogens (tertiary/aromatic N) is 2. The van der Waals surface area contributed by atoms with Gasteiger partial charge >= 0.3 is 0 Å². The second kappa shape index (κ2) is 4.30. The lowest BCUT2D eigenvalue weighted by molar-refractivity contribution is 0.00570. The second-order valence-electron chi connectivity index (χ2n) is 6.46. The van der Waals surface area contributed by atoms with Crippen LogP contribution in [0.2, 0.25) is 0 Å². The topological polar surface area (TPSA) is 6.48 Å². The van der Waals surface area contributed by atoms with Gasteiger partial charge in [-0.2, -0.15) is 0 Å². The summed E-state index contributed by atoms with van der Waals surface area (Å²) in [6, 6.07) is 1.90. The Morgan fingerprint density at radius 3 is 1.94 bits per heavy atom. The molecule has 0 atom stereocenters. The van der Waals surface area contributed by atoms with Gasteiger partial charge in [0.2, 0.25) is 0 Å². The van der Waals surface area contributed by atoms with Crippen molar-refractivity contribution < 1.29 is 0 Å². The molecular weight excluding hydrogens is 196 g/mol. The molecule has 92 valence electrons. The third kappa shape index (κ3) is 2.14. The predicted molar refractivity (Wildman–Crippen MR) is 67.5 cm³/mol. The molecule has 2 heteroatoms. The van der Waals surface area contributed by atoms with Gasteiger partial charge < -0.3 is 0 Å². The molecular formula is C14H26N2. The molecule has 3 fully saturated rings. The van der Waals surface area contributed by atoms with Gasteiger partial charge in [-0.05, 0) is 50.6 Å². The van der Waals surface area contributed by atoms with E-state index in [0.29, 0.717) is 0 Å². The summed E-state index contributed by atoms with van der Waals surface area (Å²) in [4.78, 5) is 5.46. The van der Waals surface area contributed by atoms with E-state index in [0.717, 1.165) is 23.9 Å². The van der Waals surface area contributed by atoms with E-state index in [1.807, 2.05) is 0 Å². The van der Waals surface area contributed by atoms with E-state index in [9.17, 15) is 0 Å². The van der Waals surface area contributed by atoms with E-state index in [1.54, 1.807) is 0 Å². The Hall–Kier alpha value is -0.0800. The van der Waals surface area contributed by atoms with Crippen molar-refractivity contribution in [2.45, 2.75) is 51.6 Å². The molecule has 0 bridgehead atoms. The van der Waals surface area contributed by atoms with Crippen molar-refractivity contribution in [3.8, 4) is 0 Å². The molecule has 2 nitrogen and oxygen atoms in total. The number of hydrogen-bond acceptors (Lipinski definition) is 2. The van der Waals surface area contributed by atoms with E-state index in [4.69, 9.17) is 0 Å². The van der Waals surface area contributed by atoms with E-state index in [-0.39, 0.29) is 0 Å². The van der Waals surface area contributed by atoms with Crippen LogP contribution in [-0.4, -0.2) is 48.1 Å². The van der Waals surface area contributed by atoms with Crippen molar-refractivity contribution in [3.63, 3.8) is 0 Å². The van der Waals surface area contributed by atoms with E-state index in [1.165, 1.54) is 51.9 Å². The highest BCUT2D eigenvalue weighted by molar-refractivity contribution is 4.97. The van der Waals surface area contributed by atoms with Crippen molar-refractivity contribution in [1.29, 1.82) is 0 Å². The normalized spacial score (nSPS) is 30.9. The summed E-state index contributed by atoms with van der Waals surface area (Å²) >= 11 is 0. The molecule has 0 spiro atoms. The molecule has 1 saturated carbocycles. The van der Waals surface area contributed by atoms with E-state index in [2.05, 4.69) is 23.6 Å². The zero-order valence-corrected chi connectivity index (χ0v) is 10.9. The molecule has 2 heterocycles. The van der Waals surface area contributed by atoms with Crippen LogP contribution in [0.3, 0.4) is 0 Å². The zero-order valence-electron chi connectivity index (χ0n) is 10.9. The molecule has 2 saturated heterocycles. The summed E-state index contributed by atoms with van der Waals surface area (Å²) in [6.45, 7) is 10.3. The molecule has 0 aromatic carbocycles. The maximum absolute atomic E-state index is 2.76. The highest BCUT2D eigenvalue weighted by atomic mass is 15.3. The van der Waals surface area contributed by atoms with Crippen LogP contribution in [0.15, 0.2) is 0 Å². The Labute approximate surface area is 100.0 Å². The molecule has 3 rings (SSSR count). The zero-order chi connectivity index (χ0) is 11.1. The summed E-state index contributed by atoms with van der Waals surface area (Å²) < 4.78 is 0. The van der Waals surface area contributed by atoms with Crippen LogP contribution in [-0.2, 0) is 0 Å². The van der Waals surface area contributed by atoms with Crippen molar-refractivity contribution in [3.05, 3.63) is 0 Å². The van der Waals surface area contributed by atoms with Crippen LogP contribution in [0.1, 0.15) is 39.5 Å². The van der Waals surface area contributed by atoms with Gasteiger partial charge in [0, 0.05) is 25.2 Å². The van der Waals surface area contributed by atoms with Crippen LogP contribution in [0.25, 0.3) is 0 Å². The minimum absolute atomic E-state index is 0.895. The monoisotopic (exact) mass is 222 g/mol. The molecule has 0 radical (unpaired) electrons. The molecule has 3 aliphatic rings. The Balaban J connectivity index is 1.41. The largest absolute Gasteiger partial charge is 0.298 e. The average Bonchev–Trinajstić information content (AvgIpc) is 3.00. The highest BCUT2D eigenvalue weighted by Crippen LogP contribution is 2.33. The van der Waals surface area contributed by atoms with Crippen molar-refractivity contribution in [2.75, 3.05) is 26.2 Å². The summed E-state index contributed by atoms with van der Waals surface area (Å²) in [5.41, 5.74) is 0. The van der Waals surface area contributed by atoms with Crippen molar-refractivity contribution in [2.24, 2.45) is 11.8 Å². The summed E-state index contributed by atoms with van der Waals surface area (Å²) in [7, 11) is 0. The Bertz CT molecular complexity index is 233. The lowest BCUT2D eigenvalue weighted by atomic mass is 9.86. The fourth-order valence-corrected chi connectivity index (χ4v) is 3.41. The number of hydrogen-bond donors (Lipinski definition) is 0. The maximum Gasteiger partial charge on any atom is 0.0350 e. The molecule has 0 aromatic rings. The van der Waals surface area contributed by atoms with Gasteiger partial charge in [0.25, 0.3) is 0 Å². The second-order valence-corrected chi connectivity index (χ2v) is 6.46. The first-order chi connectivity index (χ1) is 7.74. The standard InChI is InChI=1S/C14H26N2/c1-11(2)12-5-7-15(8-6-12)14-9-16(10-14)13-3-4-13/h11-14H,3-10H2,1-2H3. The Morgan fingerprint density at radius 2 is 1.44 bits per heavy atom. The predicted octanol–water partition coefficient (Wildman–Crippen LogP) is 2.20. The Kier molecular flexibility index (Phi) is 2.97. The molecule has 0 aromatic heterocycles. The highest BCUT2D eigenvalue weighted by Gasteiger charge is 2.40. The summed E-state index contributed by atoms with van der Waals surface area (Å²) in [6.07, 6.45) is 5.83. The lowest BCUT2D eigenvalue weighted by Gasteiger charge is -2.48. The first-order valence-electron chi connectivity index (χ1n) is 7.22. The molecule has 1 aliphatic carbocycles. The van der Waals surface area contributed by atoms with Crippen LogP contribution in [0.4, 0.5) is 0 Å². The molecule has 0 amide bonds. The van der Waals surface area contributed by atoms with Gasteiger partial charge in [-0.1, -0.05) is 13.8 Å². The number of rotatable bonds is 3. The summed E-state index contributed by atoms with van der Waals surface area (Å²) in [5, 5.41) is 0. The number of likely N-dealkylation sites (tertiary alicyclic amines) is 2. The Morgan fingerprint density at radius 1 is 0.812 bits per heavy atom. The maximum atomic E-state index is 2.76. The molecule has 16 heavy (non-hydrogen) atoms. The SMILES string of the molecule is CC(C)C1CCN(C2CN(C3CC3)C2)CC1. The minimum Gasteiger partial charge on any atom is -0.298 e. The van der Waals surface area contributed by atoms with Crippen LogP contribution >= 0.6 is 0 Å². The number of piperidine rings is 1. The van der Waals surface area contributed by atoms with Gasteiger partial charge in [-0.25, -0.2) is 0 Å². The van der Waals surface area contributed by atoms with Crippen molar-refractivity contribution >= 4 is 0 Å². The smallest absolute Gasteiger partial charge is 0.0350 e. The average molecular weight is 222 g/mol. The van der Waals surface area contributed by atoms with Crippen molar-refractivity contribution in [1.82, 2.24) is 9.80 Å². The van der Waals surface area contributed by atoms with E-state index >= 15 is 0 Å². The minimum atomic E-state index is 0.895. The van der Waals surface area contributed by atoms with Gasteiger partial charge in [0.1, 0.15) is 0 Å². The quantitative estimate of drug-likeness (QED) is 0.722. The van der Waals surface area contributed by atoms with Crippen LogP contribution < -0.4 is 0 Å². The van der Waals surface area contributed by atoms with Gasteiger partial charge in [0.15, 0.2) is 0 Å². The van der Waals surface area contributed by atoms with E-state index < -0.39 is 0 Å². The first-order valence-corrected chi connectivity index (χ1v) is 7.22. The third-order valence-electron chi connectivity index (χ3n) is 4.99. The third-order valence-corrected chi connectivity index (χ3v) is 4.99. The van der Waals surface area contributed by atoms with Gasteiger partial charge in [-0.15, -0.1) is 0 Å². The van der Waals surface area contributed by atoms with Crippen LogP contribution in [0, 0.1) is 11.8 Å². The van der Waals surface area contributed by atoms with Gasteiger partial charge in [-0.3, -0.25) is 9.80 Å². The summed E-state index contributed by atoms with van der Waals surface area (Å²) in [5.74, 6) is 1.89. The first kappa shape index (κ1) is 11.0.